The third-order valence-corrected chi connectivity index (χ3v) is 15.6. The van der Waals surface area contributed by atoms with Crippen molar-refractivity contribution in [3.63, 3.8) is 0 Å². The van der Waals surface area contributed by atoms with E-state index in [4.69, 9.17) is 41.3 Å². The lowest BCUT2D eigenvalue weighted by Gasteiger charge is -2.41. The van der Waals surface area contributed by atoms with Crippen LogP contribution in [0.3, 0.4) is 0 Å². The number of allylic oxidation sites excluding steroid dienone is 1. The highest BCUT2D eigenvalue weighted by Gasteiger charge is 2.41. The second-order valence-electron chi connectivity index (χ2n) is 18.8. The fourth-order valence-electron chi connectivity index (χ4n) is 10.0. The number of anilines is 4. The molecule has 1 aliphatic carbocycles. The predicted octanol–water partition coefficient (Wildman–Crippen LogP) is 7.35. The number of nitro benzene ring substituents is 1. The zero-order valence-electron chi connectivity index (χ0n) is 37.5. The van der Waals surface area contributed by atoms with E-state index in [-0.39, 0.29) is 63.5 Å². The van der Waals surface area contributed by atoms with Gasteiger partial charge in [-0.05, 0) is 79.1 Å². The number of nitro groups is 1. The number of amides is 1. The molecular formula is C48H53ClN8O9S. The Morgan fingerprint density at radius 3 is 2.55 bits per heavy atom. The molecule has 2 saturated heterocycles. The number of hydrogen-bond donors (Lipinski definition) is 3. The molecule has 3 aromatic carbocycles. The van der Waals surface area contributed by atoms with Gasteiger partial charge in [-0.1, -0.05) is 43.2 Å². The van der Waals surface area contributed by atoms with Gasteiger partial charge in [-0.2, -0.15) is 4.98 Å². The standard InChI is InChI=1S/C48H53ClN8O9S/c1-28-24-56(39-20-30-11-13-51-46(30)53-47(39)66-28)43-34(45(50)58)8-9-37(55-16-14-54(15-17-55)25-31-10-12-48(2,3)23-35(31)29-4-6-32(49)7-5-29)44(43)67(61,62)33-21-38(57(59)60)42-40(22-33)65-26-36(52-42)41-27-63-18-19-64-41/h4-9,11,13,20-22,28,36,41,52H,10,12,14-19,23-27H2,1-3H3,(H2,50,58)(H,51,53)/t28-,36-,41-/m1/s1. The predicted molar refractivity (Wildman–Crippen MR) is 255 cm³/mol. The molecule has 0 saturated carbocycles. The number of primary amides is 1. The Bertz CT molecular complexity index is 2910. The van der Waals surface area contributed by atoms with Crippen LogP contribution in [0.1, 0.15) is 56.0 Å². The summed E-state index contributed by atoms with van der Waals surface area (Å²) in [6, 6.07) is 16.8. The fourth-order valence-corrected chi connectivity index (χ4v) is 11.9. The molecule has 5 aromatic rings. The van der Waals surface area contributed by atoms with Gasteiger partial charge in [-0.3, -0.25) is 19.8 Å². The summed E-state index contributed by atoms with van der Waals surface area (Å²) in [7, 11) is -4.76. The maximum absolute atomic E-state index is 15.8. The summed E-state index contributed by atoms with van der Waals surface area (Å²) in [6.07, 6.45) is 3.76. The molecule has 352 valence electrons. The van der Waals surface area contributed by atoms with Crippen LogP contribution < -0.4 is 30.3 Å². The molecule has 0 spiro atoms. The van der Waals surface area contributed by atoms with Gasteiger partial charge in [0, 0.05) is 61.5 Å². The highest BCUT2D eigenvalue weighted by Crippen LogP contribution is 2.50. The number of pyridine rings is 1. The largest absolute Gasteiger partial charge is 0.489 e. The molecule has 1 amide bonds. The highest BCUT2D eigenvalue weighted by atomic mass is 35.5. The van der Waals surface area contributed by atoms with E-state index >= 15 is 8.42 Å². The minimum absolute atomic E-state index is 0.00807. The Morgan fingerprint density at radius 1 is 1.03 bits per heavy atom. The number of carbonyl (C=O) groups is 1. The van der Waals surface area contributed by atoms with Crippen LogP contribution in [0.2, 0.25) is 5.02 Å². The van der Waals surface area contributed by atoms with Crippen molar-refractivity contribution in [2.45, 2.75) is 68.1 Å². The monoisotopic (exact) mass is 952 g/mol. The van der Waals surface area contributed by atoms with Gasteiger partial charge >= 0.3 is 0 Å². The minimum atomic E-state index is -4.76. The molecule has 0 unspecified atom stereocenters. The smallest absolute Gasteiger partial charge is 0.297 e. The number of nitrogens with zero attached hydrogens (tertiary/aromatic N) is 5. The molecule has 6 heterocycles. The molecule has 3 atom stereocenters. The molecule has 4 aliphatic heterocycles. The molecule has 0 radical (unpaired) electrons. The lowest BCUT2D eigenvalue weighted by atomic mass is 9.72. The average Bonchev–Trinajstić information content (AvgIpc) is 3.78. The zero-order valence-corrected chi connectivity index (χ0v) is 39.1. The number of nitrogens with one attached hydrogen (secondary N) is 2. The van der Waals surface area contributed by atoms with Crippen molar-refractivity contribution in [2.24, 2.45) is 11.1 Å². The average molecular weight is 954 g/mol. The highest BCUT2D eigenvalue weighted by molar-refractivity contribution is 7.91. The summed E-state index contributed by atoms with van der Waals surface area (Å²) >= 11 is 6.29. The van der Waals surface area contributed by atoms with E-state index in [1.54, 1.807) is 23.2 Å². The van der Waals surface area contributed by atoms with Crippen molar-refractivity contribution in [3.8, 4) is 11.6 Å². The molecule has 67 heavy (non-hydrogen) atoms. The number of carbonyl (C=O) groups excluding carboxylic acids is 1. The number of piperazine rings is 1. The van der Waals surface area contributed by atoms with Crippen LogP contribution in [0.4, 0.5) is 28.4 Å². The Balaban J connectivity index is 1.07. The summed E-state index contributed by atoms with van der Waals surface area (Å²) in [5.41, 5.74) is 11.0. The Labute approximate surface area is 393 Å². The van der Waals surface area contributed by atoms with Crippen molar-refractivity contribution in [2.75, 3.05) is 80.8 Å². The molecule has 0 bridgehead atoms. The number of rotatable bonds is 10. The lowest BCUT2D eigenvalue weighted by Crippen LogP contribution is -2.48. The third-order valence-electron chi connectivity index (χ3n) is 13.5. The zero-order chi connectivity index (χ0) is 46.8. The number of ether oxygens (including phenoxy) is 4. The second kappa shape index (κ2) is 17.6. The van der Waals surface area contributed by atoms with Crippen molar-refractivity contribution in [1.29, 1.82) is 0 Å². The van der Waals surface area contributed by atoms with Gasteiger partial charge in [0.15, 0.2) is 11.4 Å². The Morgan fingerprint density at radius 2 is 1.82 bits per heavy atom. The summed E-state index contributed by atoms with van der Waals surface area (Å²) < 4.78 is 55.4. The lowest BCUT2D eigenvalue weighted by molar-refractivity contribution is -0.384. The molecule has 17 nitrogen and oxygen atoms in total. The van der Waals surface area contributed by atoms with Crippen LogP contribution in [0.5, 0.6) is 11.6 Å². The van der Waals surface area contributed by atoms with Gasteiger partial charge in [-0.25, -0.2) is 8.42 Å². The number of hydrogen-bond acceptors (Lipinski definition) is 14. The van der Waals surface area contributed by atoms with Gasteiger partial charge in [0.05, 0.1) is 59.2 Å². The molecule has 2 aromatic heterocycles. The summed E-state index contributed by atoms with van der Waals surface area (Å²) in [5.74, 6) is -0.634. The normalized spacial score (nSPS) is 22.1. The van der Waals surface area contributed by atoms with E-state index in [1.165, 1.54) is 22.8 Å². The van der Waals surface area contributed by atoms with Gasteiger partial charge in [0.2, 0.25) is 15.7 Å². The Hall–Kier alpha value is -5.92. The number of nitrogens with two attached hydrogens (primary N) is 1. The van der Waals surface area contributed by atoms with E-state index in [2.05, 4.69) is 41.2 Å². The topological polar surface area (TPSA) is 208 Å². The van der Waals surface area contributed by atoms with E-state index in [9.17, 15) is 14.9 Å². The number of fused-ring (bicyclic) bond motifs is 3. The van der Waals surface area contributed by atoms with Crippen LogP contribution >= 0.6 is 11.6 Å². The Kier molecular flexibility index (Phi) is 11.8. The first-order valence-electron chi connectivity index (χ1n) is 22.6. The first kappa shape index (κ1) is 44.9. The fraction of sp³-hybridized carbons (Fsp3) is 0.417. The number of H-pyrrole nitrogens is 1. The number of aromatic amines is 1. The van der Waals surface area contributed by atoms with Crippen molar-refractivity contribution in [3.05, 3.63) is 98.7 Å². The molecular weight excluding hydrogens is 900 g/mol. The molecule has 2 fully saturated rings. The van der Waals surface area contributed by atoms with Crippen LogP contribution in [-0.2, 0) is 19.3 Å². The second-order valence-corrected chi connectivity index (χ2v) is 21.1. The maximum atomic E-state index is 15.8. The summed E-state index contributed by atoms with van der Waals surface area (Å²) in [4.78, 5) is 39.2. The van der Waals surface area contributed by atoms with Gasteiger partial charge < -0.3 is 44.8 Å². The van der Waals surface area contributed by atoms with Crippen LogP contribution in [0.25, 0.3) is 16.6 Å². The molecule has 4 N–H and O–H groups in total. The number of benzene rings is 3. The maximum Gasteiger partial charge on any atom is 0.297 e. The number of aromatic nitrogens is 2. The van der Waals surface area contributed by atoms with Gasteiger partial charge in [0.25, 0.3) is 11.6 Å². The van der Waals surface area contributed by atoms with E-state index in [0.717, 1.165) is 37.3 Å². The molecule has 19 heteroatoms. The third kappa shape index (κ3) is 8.65. The van der Waals surface area contributed by atoms with Crippen LogP contribution in [0.15, 0.2) is 82.2 Å². The van der Waals surface area contributed by atoms with Crippen molar-refractivity contribution < 1.29 is 37.1 Å². The van der Waals surface area contributed by atoms with E-state index < -0.39 is 44.6 Å². The summed E-state index contributed by atoms with van der Waals surface area (Å²) in [5, 5.41) is 17.5. The first-order valence-corrected chi connectivity index (χ1v) is 24.5. The van der Waals surface area contributed by atoms with Gasteiger partial charge in [-0.15, -0.1) is 0 Å². The van der Waals surface area contributed by atoms with E-state index in [0.29, 0.717) is 61.4 Å². The van der Waals surface area contributed by atoms with Gasteiger partial charge in [0.1, 0.15) is 35.0 Å². The number of sulfone groups is 1. The van der Waals surface area contributed by atoms with E-state index in [1.807, 2.05) is 36.1 Å². The number of halogens is 1. The molecule has 5 aliphatic rings. The summed E-state index contributed by atoms with van der Waals surface area (Å²) in [6.45, 7) is 10.5. The van der Waals surface area contributed by atoms with Crippen molar-refractivity contribution in [1.82, 2.24) is 14.9 Å². The quantitative estimate of drug-likeness (QED) is 0.0925. The van der Waals surface area contributed by atoms with Crippen LogP contribution in [-0.4, -0.2) is 118 Å². The minimum Gasteiger partial charge on any atom is -0.489 e. The first-order chi connectivity index (χ1) is 32.1. The molecule has 10 rings (SSSR count). The van der Waals surface area contributed by atoms with Crippen molar-refractivity contribution >= 4 is 72.4 Å². The SMILES string of the molecule is C[C@@H]1CN(c2c(C(N)=O)ccc(N3CCN(CC4=C(c5ccc(Cl)cc5)CC(C)(C)CC4)CC3)c2S(=O)(=O)c2cc3c(c([N+](=O)[O-])c2)N[C@@H]([C@H]2COCCO2)CO3)c2cc3cc[nH]c3nc2O1. The van der Waals surface area contributed by atoms with Crippen LogP contribution in [0, 0.1) is 15.5 Å².